The molecule has 5 heteroatoms. The minimum absolute atomic E-state index is 0.0446. The molecule has 0 atom stereocenters. The fraction of sp³-hybridized carbons (Fsp3) is 0.238. The van der Waals surface area contributed by atoms with Crippen molar-refractivity contribution >= 4 is 34.7 Å². The Balaban J connectivity index is 1.95. The van der Waals surface area contributed by atoms with Gasteiger partial charge in [0.15, 0.2) is 0 Å². The molecule has 0 bridgehead atoms. The zero-order chi connectivity index (χ0) is 19.0. The van der Waals surface area contributed by atoms with Gasteiger partial charge in [0.1, 0.15) is 10.8 Å². The predicted molar refractivity (Wildman–Crippen MR) is 103 cm³/mol. The predicted octanol–water partition coefficient (Wildman–Crippen LogP) is 4.61. The number of anilines is 1. The summed E-state index contributed by atoms with van der Waals surface area (Å²) in [5.41, 5.74) is 3.38. The first-order chi connectivity index (χ1) is 12.3. The van der Waals surface area contributed by atoms with Crippen molar-refractivity contribution in [1.82, 2.24) is 0 Å². The van der Waals surface area contributed by atoms with Crippen LogP contribution in [0, 0.1) is 13.8 Å². The third-order valence-electron chi connectivity index (χ3n) is 4.15. The molecule has 134 valence electrons. The van der Waals surface area contributed by atoms with Crippen molar-refractivity contribution in [3.05, 3.63) is 64.2 Å². The summed E-state index contributed by atoms with van der Waals surface area (Å²) >= 11 is 6.26. The molecular weight excluding hydrogens is 350 g/mol. The molecule has 0 N–H and O–H groups in total. The largest absolute Gasteiger partial charge is 0.491 e. The van der Waals surface area contributed by atoms with E-state index in [4.69, 9.17) is 16.3 Å². The second-order valence-corrected chi connectivity index (χ2v) is 6.99. The highest BCUT2D eigenvalue weighted by Gasteiger charge is 2.39. The van der Waals surface area contributed by atoms with E-state index in [0.717, 1.165) is 16.0 Å². The molecule has 0 spiro atoms. The van der Waals surface area contributed by atoms with Crippen molar-refractivity contribution in [3.8, 4) is 5.75 Å². The number of rotatable bonds is 4. The molecular formula is C21H20ClNO3. The molecule has 0 aliphatic carbocycles. The van der Waals surface area contributed by atoms with E-state index in [-0.39, 0.29) is 16.7 Å². The summed E-state index contributed by atoms with van der Waals surface area (Å²) in [4.78, 5) is 26.7. The molecule has 0 aromatic heterocycles. The summed E-state index contributed by atoms with van der Waals surface area (Å²) in [5.74, 6) is -0.245. The third-order valence-corrected chi connectivity index (χ3v) is 4.50. The Bertz CT molecular complexity index is 913. The molecule has 1 aliphatic heterocycles. The Morgan fingerprint density at radius 3 is 2.19 bits per heavy atom. The maximum absolute atomic E-state index is 13.0. The van der Waals surface area contributed by atoms with E-state index in [1.165, 1.54) is 0 Å². The van der Waals surface area contributed by atoms with Crippen LogP contribution in [-0.4, -0.2) is 17.9 Å². The molecule has 0 fully saturated rings. The average molecular weight is 370 g/mol. The van der Waals surface area contributed by atoms with Crippen LogP contribution in [0.1, 0.15) is 30.5 Å². The van der Waals surface area contributed by atoms with Crippen LogP contribution < -0.4 is 9.64 Å². The quantitative estimate of drug-likeness (QED) is 0.739. The first-order valence-corrected chi connectivity index (χ1v) is 8.80. The van der Waals surface area contributed by atoms with Gasteiger partial charge in [0.25, 0.3) is 11.8 Å². The second-order valence-electron chi connectivity index (χ2n) is 6.61. The number of ether oxygens (including phenoxy) is 1. The van der Waals surface area contributed by atoms with Gasteiger partial charge < -0.3 is 4.74 Å². The maximum Gasteiger partial charge on any atom is 0.277 e. The Morgan fingerprint density at radius 1 is 0.962 bits per heavy atom. The summed E-state index contributed by atoms with van der Waals surface area (Å²) in [7, 11) is 0. The molecule has 1 heterocycles. The molecule has 2 aromatic carbocycles. The number of benzene rings is 2. The van der Waals surface area contributed by atoms with Crippen molar-refractivity contribution < 1.29 is 14.3 Å². The summed E-state index contributed by atoms with van der Waals surface area (Å²) in [6.07, 6.45) is 0.0446. The van der Waals surface area contributed by atoms with Crippen molar-refractivity contribution in [2.24, 2.45) is 0 Å². The van der Waals surface area contributed by atoms with E-state index in [1.807, 2.05) is 45.9 Å². The summed E-state index contributed by atoms with van der Waals surface area (Å²) in [5, 5.41) is -0.0514. The summed E-state index contributed by atoms with van der Waals surface area (Å²) in [6, 6.07) is 12.5. The number of hydrogen-bond donors (Lipinski definition) is 0. The van der Waals surface area contributed by atoms with Gasteiger partial charge in [-0.05, 0) is 63.1 Å². The minimum Gasteiger partial charge on any atom is -0.491 e. The average Bonchev–Trinajstić information content (AvgIpc) is 2.78. The van der Waals surface area contributed by atoms with Crippen LogP contribution in [0.15, 0.2) is 47.5 Å². The van der Waals surface area contributed by atoms with Crippen LogP contribution in [0.3, 0.4) is 0 Å². The monoisotopic (exact) mass is 369 g/mol. The van der Waals surface area contributed by atoms with E-state index in [0.29, 0.717) is 17.0 Å². The van der Waals surface area contributed by atoms with E-state index in [9.17, 15) is 9.59 Å². The molecule has 26 heavy (non-hydrogen) atoms. The fourth-order valence-electron chi connectivity index (χ4n) is 3.01. The van der Waals surface area contributed by atoms with Crippen LogP contribution in [0.5, 0.6) is 5.75 Å². The molecule has 2 amide bonds. The molecule has 0 saturated carbocycles. The molecule has 4 nitrogen and oxygen atoms in total. The Kier molecular flexibility index (Phi) is 4.88. The smallest absolute Gasteiger partial charge is 0.277 e. The van der Waals surface area contributed by atoms with Gasteiger partial charge >= 0.3 is 0 Å². The summed E-state index contributed by atoms with van der Waals surface area (Å²) in [6.45, 7) is 7.74. The van der Waals surface area contributed by atoms with E-state index >= 15 is 0 Å². The van der Waals surface area contributed by atoms with Crippen molar-refractivity contribution in [1.29, 1.82) is 0 Å². The normalized spacial score (nSPS) is 14.6. The number of nitrogens with zero attached hydrogens (tertiary/aromatic N) is 1. The van der Waals surface area contributed by atoms with Gasteiger partial charge in [-0.25, -0.2) is 4.90 Å². The maximum atomic E-state index is 13.0. The number of hydrogen-bond acceptors (Lipinski definition) is 3. The first kappa shape index (κ1) is 18.2. The summed E-state index contributed by atoms with van der Waals surface area (Å²) < 4.78 is 5.60. The van der Waals surface area contributed by atoms with Crippen LogP contribution in [0.4, 0.5) is 5.69 Å². The van der Waals surface area contributed by atoms with Crippen LogP contribution in [0.2, 0.25) is 0 Å². The number of amides is 2. The van der Waals surface area contributed by atoms with E-state index in [2.05, 4.69) is 0 Å². The third kappa shape index (κ3) is 3.25. The number of carbonyl (C=O) groups excluding carboxylic acids is 2. The fourth-order valence-corrected chi connectivity index (χ4v) is 3.28. The number of aryl methyl sites for hydroxylation is 2. The van der Waals surface area contributed by atoms with Crippen molar-refractivity contribution in [3.63, 3.8) is 0 Å². The number of carbonyl (C=O) groups is 2. The molecule has 0 radical (unpaired) electrons. The van der Waals surface area contributed by atoms with Gasteiger partial charge in [-0.15, -0.1) is 0 Å². The lowest BCUT2D eigenvalue weighted by atomic mass is 9.99. The molecule has 2 aromatic rings. The molecule has 0 unspecified atom stereocenters. The highest BCUT2D eigenvalue weighted by molar-refractivity contribution is 6.60. The van der Waals surface area contributed by atoms with Crippen LogP contribution in [-0.2, 0) is 9.59 Å². The Labute approximate surface area is 158 Å². The highest BCUT2D eigenvalue weighted by Crippen LogP contribution is 2.36. The Hall–Kier alpha value is -2.59. The lowest BCUT2D eigenvalue weighted by Crippen LogP contribution is -2.31. The van der Waals surface area contributed by atoms with E-state index < -0.39 is 11.8 Å². The molecule has 3 rings (SSSR count). The van der Waals surface area contributed by atoms with Crippen LogP contribution in [0.25, 0.3) is 5.57 Å². The second kappa shape index (κ2) is 6.96. The number of halogens is 1. The van der Waals surface area contributed by atoms with Crippen molar-refractivity contribution in [2.75, 3.05) is 4.90 Å². The first-order valence-electron chi connectivity index (χ1n) is 8.42. The topological polar surface area (TPSA) is 46.6 Å². The van der Waals surface area contributed by atoms with Crippen molar-refractivity contribution in [2.45, 2.75) is 33.8 Å². The lowest BCUT2D eigenvalue weighted by molar-refractivity contribution is -0.119. The highest BCUT2D eigenvalue weighted by atomic mass is 35.5. The van der Waals surface area contributed by atoms with Gasteiger partial charge in [0.2, 0.25) is 0 Å². The SMILES string of the molecule is Cc1ccc(C2=C(Cl)C(=O)N(c3ccc(OC(C)C)cc3)C2=O)c(C)c1. The zero-order valence-electron chi connectivity index (χ0n) is 15.2. The van der Waals surface area contributed by atoms with Gasteiger partial charge in [-0.3, -0.25) is 9.59 Å². The van der Waals surface area contributed by atoms with Gasteiger partial charge in [0.05, 0.1) is 17.4 Å². The molecule has 0 saturated heterocycles. The molecule has 1 aliphatic rings. The lowest BCUT2D eigenvalue weighted by Gasteiger charge is -2.16. The zero-order valence-corrected chi connectivity index (χ0v) is 15.9. The van der Waals surface area contributed by atoms with Crippen LogP contribution >= 0.6 is 11.6 Å². The Morgan fingerprint density at radius 2 is 1.62 bits per heavy atom. The number of imide groups is 1. The standard InChI is InChI=1S/C21H20ClNO3/c1-12(2)26-16-8-6-15(7-9-16)23-20(24)18(19(22)21(23)25)17-10-5-13(3)11-14(17)4/h5-12H,1-4H3. The van der Waals surface area contributed by atoms with Gasteiger partial charge in [-0.1, -0.05) is 35.4 Å². The van der Waals surface area contributed by atoms with Gasteiger partial charge in [0, 0.05) is 0 Å². The van der Waals surface area contributed by atoms with Gasteiger partial charge in [-0.2, -0.15) is 0 Å². The minimum atomic E-state index is -0.510. The van der Waals surface area contributed by atoms with E-state index in [1.54, 1.807) is 24.3 Å².